The van der Waals surface area contributed by atoms with Gasteiger partial charge in [-0.2, -0.15) is 11.8 Å². The summed E-state index contributed by atoms with van der Waals surface area (Å²) in [5.74, 6) is 1.24. The molecule has 1 aliphatic heterocycles. The van der Waals surface area contributed by atoms with Gasteiger partial charge in [0.1, 0.15) is 5.56 Å². The molecule has 1 unspecified atom stereocenters. The summed E-state index contributed by atoms with van der Waals surface area (Å²) in [6.45, 7) is 5.73. The van der Waals surface area contributed by atoms with E-state index in [1.807, 2.05) is 11.8 Å². The van der Waals surface area contributed by atoms with Gasteiger partial charge in [-0.25, -0.2) is 4.98 Å². The molecule has 0 spiro atoms. The monoisotopic (exact) mass is 323 g/mol. The molecule has 2 aromatic heterocycles. The first-order chi connectivity index (χ1) is 10.1. The first-order valence-electron chi connectivity index (χ1n) is 6.93. The van der Waals surface area contributed by atoms with Crippen LogP contribution in [0.3, 0.4) is 0 Å². The van der Waals surface area contributed by atoms with Crippen LogP contribution in [-0.4, -0.2) is 44.3 Å². The van der Waals surface area contributed by atoms with E-state index in [-0.39, 0.29) is 17.0 Å². The fourth-order valence-electron chi connectivity index (χ4n) is 2.40. The zero-order valence-corrected chi connectivity index (χ0v) is 13.6. The van der Waals surface area contributed by atoms with Crippen molar-refractivity contribution in [3.63, 3.8) is 0 Å². The fraction of sp³-hybridized carbons (Fsp3) is 0.500. The molecule has 5 nitrogen and oxygen atoms in total. The molecule has 1 fully saturated rings. The van der Waals surface area contributed by atoms with Gasteiger partial charge in [-0.15, -0.1) is 11.3 Å². The summed E-state index contributed by atoms with van der Waals surface area (Å²) >= 11 is 3.29. The number of hydrogen-bond acceptors (Lipinski definition) is 5. The van der Waals surface area contributed by atoms with Crippen LogP contribution in [0.1, 0.15) is 24.2 Å². The zero-order chi connectivity index (χ0) is 15.0. The summed E-state index contributed by atoms with van der Waals surface area (Å²) in [5, 5.41) is 2.23. The number of amides is 1. The van der Waals surface area contributed by atoms with E-state index in [1.165, 1.54) is 21.9 Å². The number of hydrogen-bond donors (Lipinski definition) is 0. The molecule has 112 valence electrons. The van der Waals surface area contributed by atoms with Gasteiger partial charge in [-0.3, -0.25) is 14.0 Å². The predicted molar refractivity (Wildman–Crippen MR) is 86.3 cm³/mol. The molecule has 3 rings (SSSR count). The van der Waals surface area contributed by atoms with Crippen molar-refractivity contribution < 1.29 is 4.79 Å². The van der Waals surface area contributed by atoms with Gasteiger partial charge in [-0.1, -0.05) is 13.8 Å². The Morgan fingerprint density at radius 1 is 1.48 bits per heavy atom. The van der Waals surface area contributed by atoms with Crippen LogP contribution in [0.2, 0.25) is 0 Å². The van der Waals surface area contributed by atoms with Crippen LogP contribution in [0.25, 0.3) is 4.96 Å². The lowest BCUT2D eigenvalue weighted by Crippen LogP contribution is -2.45. The summed E-state index contributed by atoms with van der Waals surface area (Å²) in [6, 6.07) is 0. The molecule has 0 aromatic carbocycles. The first-order valence-corrected chi connectivity index (χ1v) is 8.86. The Labute approximate surface area is 131 Å². The highest BCUT2D eigenvalue weighted by atomic mass is 32.2. The van der Waals surface area contributed by atoms with E-state index >= 15 is 0 Å². The van der Waals surface area contributed by atoms with Gasteiger partial charge in [0.25, 0.3) is 11.5 Å². The van der Waals surface area contributed by atoms with E-state index < -0.39 is 0 Å². The maximum atomic E-state index is 12.6. The van der Waals surface area contributed by atoms with Crippen molar-refractivity contribution in [1.82, 2.24) is 14.3 Å². The average Bonchev–Trinajstić information content (AvgIpc) is 2.96. The Hall–Kier alpha value is -1.34. The van der Waals surface area contributed by atoms with Crippen LogP contribution in [0, 0.1) is 5.92 Å². The Morgan fingerprint density at radius 3 is 3.05 bits per heavy atom. The van der Waals surface area contributed by atoms with Crippen LogP contribution < -0.4 is 5.56 Å². The molecule has 0 radical (unpaired) electrons. The van der Waals surface area contributed by atoms with Crippen molar-refractivity contribution in [2.24, 2.45) is 5.92 Å². The van der Waals surface area contributed by atoms with E-state index in [1.54, 1.807) is 16.5 Å². The van der Waals surface area contributed by atoms with Crippen molar-refractivity contribution in [1.29, 1.82) is 0 Å². The second-order valence-electron chi connectivity index (χ2n) is 5.44. The number of carbonyl (C=O) groups excluding carboxylic acids is 1. The van der Waals surface area contributed by atoms with E-state index in [9.17, 15) is 9.59 Å². The van der Waals surface area contributed by atoms with Crippen LogP contribution in [-0.2, 0) is 0 Å². The molecular formula is C14H17N3O2S2. The van der Waals surface area contributed by atoms with Gasteiger partial charge >= 0.3 is 0 Å². The Kier molecular flexibility index (Phi) is 4.03. The summed E-state index contributed by atoms with van der Waals surface area (Å²) < 4.78 is 1.44. The summed E-state index contributed by atoms with van der Waals surface area (Å²) in [5.41, 5.74) is -0.106. The number of fused-ring (bicyclic) bond motifs is 1. The quantitative estimate of drug-likeness (QED) is 0.848. The molecule has 1 saturated heterocycles. The van der Waals surface area contributed by atoms with Gasteiger partial charge in [0.05, 0.1) is 0 Å². The second-order valence-corrected chi connectivity index (χ2v) is 7.66. The molecule has 2 aromatic rings. The van der Waals surface area contributed by atoms with Crippen LogP contribution in [0.15, 0.2) is 22.6 Å². The molecule has 0 N–H and O–H groups in total. The minimum atomic E-state index is -0.273. The minimum absolute atomic E-state index is 0.167. The van der Waals surface area contributed by atoms with Gasteiger partial charge < -0.3 is 4.90 Å². The van der Waals surface area contributed by atoms with Crippen molar-refractivity contribution in [2.45, 2.75) is 19.1 Å². The number of carbonyl (C=O) groups is 1. The minimum Gasteiger partial charge on any atom is -0.336 e. The second kappa shape index (κ2) is 5.81. The average molecular weight is 323 g/mol. The molecular weight excluding hydrogens is 306 g/mol. The number of nitrogens with zero attached hydrogens (tertiary/aromatic N) is 3. The lowest BCUT2D eigenvalue weighted by Gasteiger charge is -2.34. The Balaban J connectivity index is 1.89. The third-order valence-corrected chi connectivity index (χ3v) is 6.01. The Morgan fingerprint density at radius 2 is 2.29 bits per heavy atom. The molecule has 21 heavy (non-hydrogen) atoms. The lowest BCUT2D eigenvalue weighted by molar-refractivity contribution is 0.0753. The van der Waals surface area contributed by atoms with Gasteiger partial charge in [0.2, 0.25) is 0 Å². The van der Waals surface area contributed by atoms with Crippen molar-refractivity contribution in [3.8, 4) is 0 Å². The van der Waals surface area contributed by atoms with Gasteiger partial charge in [-0.05, 0) is 5.92 Å². The smallest absolute Gasteiger partial charge is 0.271 e. The normalized spacial score (nSPS) is 19.4. The van der Waals surface area contributed by atoms with Crippen molar-refractivity contribution in [2.75, 3.05) is 18.8 Å². The molecule has 7 heteroatoms. The lowest BCUT2D eigenvalue weighted by atomic mass is 10.1. The standard InChI is InChI=1S/C14H17N3O2S2/c1-9(2)11-8-16(3-5-20-11)12(18)10-7-15-14-17(13(10)19)4-6-21-14/h4,6-7,9,11H,3,5,8H2,1-2H3. The summed E-state index contributed by atoms with van der Waals surface area (Å²) in [6.07, 6.45) is 3.08. The molecule has 1 aliphatic rings. The number of rotatable bonds is 2. The van der Waals surface area contributed by atoms with Crippen molar-refractivity contribution >= 4 is 34.0 Å². The molecule has 1 atom stereocenters. The summed E-state index contributed by atoms with van der Waals surface area (Å²) in [7, 11) is 0. The van der Waals surface area contributed by atoms with Crippen LogP contribution in [0.4, 0.5) is 0 Å². The third-order valence-electron chi connectivity index (χ3n) is 3.70. The highest BCUT2D eigenvalue weighted by Gasteiger charge is 2.28. The van der Waals surface area contributed by atoms with Gasteiger partial charge in [0.15, 0.2) is 4.96 Å². The molecule has 0 bridgehead atoms. The largest absolute Gasteiger partial charge is 0.336 e. The third kappa shape index (κ3) is 2.72. The highest BCUT2D eigenvalue weighted by molar-refractivity contribution is 8.00. The maximum absolute atomic E-state index is 12.6. The van der Waals surface area contributed by atoms with Crippen LogP contribution in [0.5, 0.6) is 0 Å². The summed E-state index contributed by atoms with van der Waals surface area (Å²) in [4.78, 5) is 31.6. The van der Waals surface area contributed by atoms with Crippen LogP contribution >= 0.6 is 23.1 Å². The fourth-order valence-corrected chi connectivity index (χ4v) is 4.38. The maximum Gasteiger partial charge on any atom is 0.271 e. The number of thioether (sulfide) groups is 1. The van der Waals surface area contributed by atoms with E-state index in [0.29, 0.717) is 29.2 Å². The number of aromatic nitrogens is 2. The van der Waals surface area contributed by atoms with Crippen molar-refractivity contribution in [3.05, 3.63) is 33.7 Å². The molecule has 0 saturated carbocycles. The number of thiazole rings is 1. The first kappa shape index (κ1) is 14.6. The molecule has 1 amide bonds. The zero-order valence-electron chi connectivity index (χ0n) is 12.0. The molecule has 3 heterocycles. The van der Waals surface area contributed by atoms with E-state index in [4.69, 9.17) is 0 Å². The topological polar surface area (TPSA) is 54.7 Å². The van der Waals surface area contributed by atoms with E-state index in [0.717, 1.165) is 5.75 Å². The highest BCUT2D eigenvalue weighted by Crippen LogP contribution is 2.25. The van der Waals surface area contributed by atoms with E-state index in [2.05, 4.69) is 18.8 Å². The predicted octanol–water partition coefficient (Wildman–Crippen LogP) is 1.97. The van der Waals surface area contributed by atoms with Gasteiger partial charge in [0, 0.05) is 41.9 Å². The Bertz CT molecular complexity index is 722. The molecule has 0 aliphatic carbocycles. The SMILES string of the molecule is CC(C)C1CN(C(=O)c2cnc3sccn3c2=O)CCS1.